The van der Waals surface area contributed by atoms with E-state index in [-0.39, 0.29) is 0 Å². The Kier molecular flexibility index (Phi) is 3.41. The van der Waals surface area contributed by atoms with Crippen LogP contribution >= 0.6 is 0 Å². The van der Waals surface area contributed by atoms with E-state index in [0.29, 0.717) is 28.4 Å². The Labute approximate surface area is 127 Å². The van der Waals surface area contributed by atoms with Crippen LogP contribution in [0.15, 0.2) is 33.5 Å². The predicted molar refractivity (Wildman–Crippen MR) is 84.4 cm³/mol. The largest absolute Gasteiger partial charge is 0.497 e. The zero-order valence-corrected chi connectivity index (χ0v) is 12.9. The van der Waals surface area contributed by atoms with Crippen molar-refractivity contribution in [3.05, 3.63) is 40.4 Å². The van der Waals surface area contributed by atoms with Crippen LogP contribution in [-0.2, 0) is 0 Å². The van der Waals surface area contributed by atoms with Crippen LogP contribution in [0.3, 0.4) is 0 Å². The molecule has 114 valence electrons. The molecule has 1 aromatic heterocycles. The first-order valence-electron chi connectivity index (χ1n) is 6.76. The average Bonchev–Trinajstić information content (AvgIpc) is 2.51. The molecule has 3 rings (SSSR count). The molecule has 5 heteroatoms. The Morgan fingerprint density at radius 2 is 1.59 bits per heavy atom. The number of ether oxygens (including phenoxy) is 3. The molecule has 0 fully saturated rings. The van der Waals surface area contributed by atoms with Crippen LogP contribution in [0.5, 0.6) is 17.2 Å². The number of hydrogen-bond acceptors (Lipinski definition) is 5. The molecule has 0 amide bonds. The van der Waals surface area contributed by atoms with Crippen LogP contribution < -0.4 is 19.8 Å². The molecule has 5 nitrogen and oxygen atoms in total. The summed E-state index contributed by atoms with van der Waals surface area (Å²) < 4.78 is 21.4. The maximum atomic E-state index is 12.2. The van der Waals surface area contributed by atoms with E-state index >= 15 is 0 Å². The quantitative estimate of drug-likeness (QED) is 0.695. The molecule has 2 aromatic carbocycles. The first kappa shape index (κ1) is 14.3. The lowest BCUT2D eigenvalue weighted by molar-refractivity contribution is 0.393. The predicted octanol–water partition coefficient (Wildman–Crippen LogP) is 3.28. The van der Waals surface area contributed by atoms with Crippen LogP contribution in [0.1, 0.15) is 5.76 Å². The summed E-state index contributed by atoms with van der Waals surface area (Å²) in [6, 6.07) is 7.35. The minimum absolute atomic E-state index is 0.407. The summed E-state index contributed by atoms with van der Waals surface area (Å²) in [5.41, 5.74) is -0.424. The Morgan fingerprint density at radius 1 is 0.864 bits per heavy atom. The van der Waals surface area contributed by atoms with E-state index in [4.69, 9.17) is 18.6 Å². The number of benzene rings is 2. The molecule has 0 atom stereocenters. The van der Waals surface area contributed by atoms with Crippen LogP contribution in [0.4, 0.5) is 0 Å². The highest BCUT2D eigenvalue weighted by molar-refractivity contribution is 6.08. The lowest BCUT2D eigenvalue weighted by Crippen LogP contribution is -2.04. The zero-order valence-electron chi connectivity index (χ0n) is 12.9. The summed E-state index contributed by atoms with van der Waals surface area (Å²) in [5.74, 6) is 2.24. The van der Waals surface area contributed by atoms with Crippen LogP contribution in [0, 0.1) is 6.92 Å². The van der Waals surface area contributed by atoms with Crippen molar-refractivity contribution >= 4 is 21.5 Å². The number of hydrogen-bond donors (Lipinski definition) is 0. The highest BCUT2D eigenvalue weighted by atomic mass is 16.5. The average molecular weight is 300 g/mol. The van der Waals surface area contributed by atoms with Gasteiger partial charge in [-0.15, -0.1) is 0 Å². The molecule has 0 aliphatic heterocycles. The normalized spacial score (nSPS) is 10.9. The van der Waals surface area contributed by atoms with E-state index in [2.05, 4.69) is 0 Å². The van der Waals surface area contributed by atoms with Crippen LogP contribution in [-0.4, -0.2) is 21.3 Å². The second-order valence-electron chi connectivity index (χ2n) is 4.95. The van der Waals surface area contributed by atoms with Gasteiger partial charge in [0.05, 0.1) is 26.7 Å². The monoisotopic (exact) mass is 300 g/mol. The van der Waals surface area contributed by atoms with E-state index in [1.807, 2.05) is 18.2 Å². The molecular weight excluding hydrogens is 284 g/mol. The van der Waals surface area contributed by atoms with E-state index in [1.54, 1.807) is 27.2 Å². The molecule has 0 N–H and O–H groups in total. The number of aryl methyl sites for hydroxylation is 1. The lowest BCUT2D eigenvalue weighted by Gasteiger charge is -2.14. The molecule has 0 bridgehead atoms. The van der Waals surface area contributed by atoms with Crippen molar-refractivity contribution in [1.82, 2.24) is 0 Å². The fourth-order valence-corrected chi connectivity index (χ4v) is 2.72. The van der Waals surface area contributed by atoms with Gasteiger partial charge in [0.25, 0.3) is 0 Å². The van der Waals surface area contributed by atoms with Crippen molar-refractivity contribution in [2.45, 2.75) is 6.92 Å². The van der Waals surface area contributed by atoms with Gasteiger partial charge in [-0.1, -0.05) is 0 Å². The lowest BCUT2D eigenvalue weighted by atomic mass is 10.0. The minimum atomic E-state index is -0.424. The second-order valence-corrected chi connectivity index (χ2v) is 4.95. The van der Waals surface area contributed by atoms with Crippen molar-refractivity contribution in [3.63, 3.8) is 0 Å². The minimum Gasteiger partial charge on any atom is -0.497 e. The van der Waals surface area contributed by atoms with Gasteiger partial charge in [-0.2, -0.15) is 0 Å². The van der Waals surface area contributed by atoms with Gasteiger partial charge in [-0.3, -0.25) is 0 Å². The van der Waals surface area contributed by atoms with E-state index in [0.717, 1.165) is 16.2 Å². The van der Waals surface area contributed by atoms with Crippen molar-refractivity contribution in [2.24, 2.45) is 0 Å². The van der Waals surface area contributed by atoms with Gasteiger partial charge in [-0.05, 0) is 35.9 Å². The topological polar surface area (TPSA) is 57.9 Å². The highest BCUT2D eigenvalue weighted by Crippen LogP contribution is 2.41. The SMILES string of the molecule is COc1cc(OC)c2c(OC)c3c(=O)oc(C)cc3cc2c1. The Hall–Kier alpha value is -2.69. The van der Waals surface area contributed by atoms with Gasteiger partial charge in [0.1, 0.15) is 28.4 Å². The number of rotatable bonds is 3. The van der Waals surface area contributed by atoms with Crippen molar-refractivity contribution < 1.29 is 18.6 Å². The molecular formula is C17H16O5. The third-order valence-electron chi connectivity index (χ3n) is 3.64. The molecule has 0 aliphatic rings. The first-order chi connectivity index (χ1) is 10.6. The van der Waals surface area contributed by atoms with Crippen LogP contribution in [0.2, 0.25) is 0 Å². The second kappa shape index (κ2) is 5.26. The summed E-state index contributed by atoms with van der Waals surface area (Å²) in [4.78, 5) is 12.2. The summed E-state index contributed by atoms with van der Waals surface area (Å²) in [6.07, 6.45) is 0. The Bertz CT molecular complexity index is 924. The Morgan fingerprint density at radius 3 is 2.23 bits per heavy atom. The van der Waals surface area contributed by atoms with Gasteiger partial charge in [0.2, 0.25) is 0 Å². The maximum absolute atomic E-state index is 12.2. The summed E-state index contributed by atoms with van der Waals surface area (Å²) in [5, 5.41) is 2.75. The van der Waals surface area contributed by atoms with Gasteiger partial charge in [-0.25, -0.2) is 4.79 Å². The van der Waals surface area contributed by atoms with Gasteiger partial charge >= 0.3 is 5.63 Å². The fraction of sp³-hybridized carbons (Fsp3) is 0.235. The maximum Gasteiger partial charge on any atom is 0.347 e. The summed E-state index contributed by atoms with van der Waals surface area (Å²) >= 11 is 0. The summed E-state index contributed by atoms with van der Waals surface area (Å²) in [6.45, 7) is 1.74. The Balaban J connectivity index is 2.58. The van der Waals surface area contributed by atoms with Crippen molar-refractivity contribution in [1.29, 1.82) is 0 Å². The van der Waals surface area contributed by atoms with Gasteiger partial charge in [0, 0.05) is 6.07 Å². The zero-order chi connectivity index (χ0) is 15.9. The van der Waals surface area contributed by atoms with Crippen molar-refractivity contribution in [2.75, 3.05) is 21.3 Å². The first-order valence-corrected chi connectivity index (χ1v) is 6.76. The fourth-order valence-electron chi connectivity index (χ4n) is 2.72. The molecule has 22 heavy (non-hydrogen) atoms. The molecule has 0 radical (unpaired) electrons. The molecule has 1 heterocycles. The van der Waals surface area contributed by atoms with E-state index < -0.39 is 5.63 Å². The molecule has 3 aromatic rings. The molecule has 0 saturated heterocycles. The standard InChI is InChI=1S/C17H16O5/c1-9-5-10-6-11-7-12(19-2)8-13(20-3)14(11)16(21-4)15(10)17(18)22-9/h5-8H,1-4H3. The highest BCUT2D eigenvalue weighted by Gasteiger charge is 2.17. The van der Waals surface area contributed by atoms with E-state index in [9.17, 15) is 4.79 Å². The third-order valence-corrected chi connectivity index (χ3v) is 3.64. The molecule has 0 spiro atoms. The van der Waals surface area contributed by atoms with Gasteiger partial charge < -0.3 is 18.6 Å². The van der Waals surface area contributed by atoms with E-state index in [1.165, 1.54) is 7.11 Å². The molecule has 0 unspecified atom stereocenters. The van der Waals surface area contributed by atoms with Gasteiger partial charge in [0.15, 0.2) is 0 Å². The summed E-state index contributed by atoms with van der Waals surface area (Å²) in [7, 11) is 4.68. The third kappa shape index (κ3) is 2.06. The van der Waals surface area contributed by atoms with Crippen LogP contribution in [0.25, 0.3) is 21.5 Å². The molecule has 0 aliphatic carbocycles. The molecule has 0 saturated carbocycles. The number of methoxy groups -OCH3 is 3. The van der Waals surface area contributed by atoms with Crippen molar-refractivity contribution in [3.8, 4) is 17.2 Å². The smallest absolute Gasteiger partial charge is 0.347 e. The number of fused-ring (bicyclic) bond motifs is 2.